The molecule has 0 saturated heterocycles. The largest absolute Gasteiger partial charge is 0.407 e. The van der Waals surface area contributed by atoms with Crippen molar-refractivity contribution in [2.45, 2.75) is 57.3 Å². The molecule has 2 atom stereocenters. The molecule has 0 amide bonds. The summed E-state index contributed by atoms with van der Waals surface area (Å²) in [6.07, 6.45) is 1.51. The van der Waals surface area contributed by atoms with Crippen molar-refractivity contribution < 1.29 is 4.43 Å². The molecule has 0 saturated carbocycles. The average molecular weight is 350 g/mol. The van der Waals surface area contributed by atoms with Gasteiger partial charge in [-0.2, -0.15) is 0 Å². The number of anilines is 1. The van der Waals surface area contributed by atoms with Gasteiger partial charge in [0, 0.05) is 12.7 Å². The van der Waals surface area contributed by atoms with Crippen LogP contribution in [0.2, 0.25) is 18.1 Å². The van der Waals surface area contributed by atoms with E-state index < -0.39 is 8.32 Å². The summed E-state index contributed by atoms with van der Waals surface area (Å²) in [6.45, 7) is 13.9. The van der Waals surface area contributed by atoms with Gasteiger partial charge in [0.05, 0.1) is 16.4 Å². The number of alkyl halides is 1. The van der Waals surface area contributed by atoms with Crippen LogP contribution in [0.5, 0.6) is 0 Å². The Hall–Kier alpha value is -0.143. The van der Waals surface area contributed by atoms with Crippen LogP contribution in [0, 0.1) is 5.92 Å². The van der Waals surface area contributed by atoms with Crippen molar-refractivity contribution in [1.82, 2.24) is 4.98 Å². The molecular weight excluding hydrogens is 322 g/mol. The van der Waals surface area contributed by atoms with E-state index in [1.165, 1.54) is 11.3 Å². The van der Waals surface area contributed by atoms with Crippen molar-refractivity contribution in [2.75, 3.05) is 12.3 Å². The second-order valence-electron chi connectivity index (χ2n) is 6.78. The summed E-state index contributed by atoms with van der Waals surface area (Å²) < 4.78 is 6.56. The smallest absolute Gasteiger partial charge is 0.193 e. The lowest BCUT2D eigenvalue weighted by Gasteiger charge is -2.44. The Morgan fingerprint density at radius 1 is 1.43 bits per heavy atom. The molecule has 0 bridgehead atoms. The van der Waals surface area contributed by atoms with E-state index in [9.17, 15) is 0 Å². The molecule has 0 fully saturated rings. The number of nitrogen functional groups attached to an aromatic ring is 1. The van der Waals surface area contributed by atoms with Gasteiger partial charge in [0.15, 0.2) is 13.4 Å². The lowest BCUT2D eigenvalue weighted by molar-refractivity contribution is 0.174. The summed E-state index contributed by atoms with van der Waals surface area (Å²) >= 11 is 7.84. The lowest BCUT2D eigenvalue weighted by Crippen LogP contribution is -2.47. The summed E-state index contributed by atoms with van der Waals surface area (Å²) in [7, 11) is -2.01. The standard InChI is InChI=1S/C14H28ClN3OSSi/c1-9(2)14(3,4)21(5,6)19-12(10(15)7-16)11-8-18-13(17)20-11/h8-10,12H,7,16H2,1-6H3,(H2,17,18)/t10-,12+/m0/s1. The first kappa shape index (κ1) is 18.9. The van der Waals surface area contributed by atoms with E-state index in [1.54, 1.807) is 6.20 Å². The van der Waals surface area contributed by atoms with Gasteiger partial charge in [0.25, 0.3) is 0 Å². The van der Waals surface area contributed by atoms with E-state index in [1.807, 2.05) is 0 Å². The topological polar surface area (TPSA) is 74.2 Å². The monoisotopic (exact) mass is 349 g/mol. The molecule has 4 N–H and O–H groups in total. The van der Waals surface area contributed by atoms with Crippen LogP contribution in [0.4, 0.5) is 5.13 Å². The minimum absolute atomic E-state index is 0.118. The van der Waals surface area contributed by atoms with Crippen molar-refractivity contribution in [3.8, 4) is 0 Å². The third kappa shape index (κ3) is 4.19. The molecule has 0 aromatic carbocycles. The molecular formula is C14H28ClN3OSSi. The highest BCUT2D eigenvalue weighted by Gasteiger charge is 2.45. The molecule has 0 spiro atoms. The van der Waals surface area contributed by atoms with Crippen LogP contribution in [0.15, 0.2) is 6.20 Å². The zero-order chi connectivity index (χ0) is 16.4. The fraction of sp³-hybridized carbons (Fsp3) is 0.786. The molecule has 4 nitrogen and oxygen atoms in total. The van der Waals surface area contributed by atoms with Crippen molar-refractivity contribution in [1.29, 1.82) is 0 Å². The number of rotatable bonds is 7. The Kier molecular flexibility index (Phi) is 6.26. The number of halogens is 1. The van der Waals surface area contributed by atoms with Gasteiger partial charge in [-0.05, 0) is 24.1 Å². The molecule has 1 rings (SSSR count). The van der Waals surface area contributed by atoms with Gasteiger partial charge in [0.2, 0.25) is 0 Å². The number of nitrogens with two attached hydrogens (primary N) is 2. The first-order chi connectivity index (χ1) is 9.52. The summed E-state index contributed by atoms with van der Waals surface area (Å²) in [5, 5.41) is 0.369. The van der Waals surface area contributed by atoms with Crippen LogP contribution in [0.1, 0.15) is 38.7 Å². The SMILES string of the molecule is CC(C)C(C)(C)[Si](C)(C)O[C@@H](c1cnc(N)s1)[C@@H](Cl)CN. The Bertz CT molecular complexity index is 465. The maximum Gasteiger partial charge on any atom is 0.193 e. The molecule has 122 valence electrons. The normalized spacial score (nSPS) is 16.2. The number of thiazole rings is 1. The first-order valence-corrected chi connectivity index (χ1v) is 11.4. The van der Waals surface area contributed by atoms with Crippen LogP contribution in [-0.2, 0) is 4.43 Å². The third-order valence-electron chi connectivity index (χ3n) is 4.79. The predicted molar refractivity (Wildman–Crippen MR) is 95.4 cm³/mol. The average Bonchev–Trinajstić information content (AvgIpc) is 2.81. The number of nitrogens with zero attached hydrogens (tertiary/aromatic N) is 1. The highest BCUT2D eigenvalue weighted by Crippen LogP contribution is 2.47. The summed E-state index contributed by atoms with van der Waals surface area (Å²) in [5.41, 5.74) is 11.5. The quantitative estimate of drug-likeness (QED) is 0.576. The van der Waals surface area contributed by atoms with Crippen molar-refractivity contribution >= 4 is 36.4 Å². The maximum absolute atomic E-state index is 6.56. The fourth-order valence-electron chi connectivity index (χ4n) is 2.03. The van der Waals surface area contributed by atoms with Crippen molar-refractivity contribution in [2.24, 2.45) is 11.7 Å². The van der Waals surface area contributed by atoms with Crippen molar-refractivity contribution in [3.05, 3.63) is 11.1 Å². The van der Waals surface area contributed by atoms with Crippen LogP contribution in [-0.4, -0.2) is 25.2 Å². The Labute approximate surface area is 138 Å². The van der Waals surface area contributed by atoms with E-state index in [-0.39, 0.29) is 16.5 Å². The molecule has 0 aliphatic heterocycles. The number of hydrogen-bond donors (Lipinski definition) is 2. The third-order valence-corrected chi connectivity index (χ3v) is 10.6. The van der Waals surface area contributed by atoms with Crippen molar-refractivity contribution in [3.63, 3.8) is 0 Å². The highest BCUT2D eigenvalue weighted by molar-refractivity contribution is 7.15. The molecule has 1 aromatic rings. The Morgan fingerprint density at radius 3 is 2.38 bits per heavy atom. The van der Waals surface area contributed by atoms with Crippen LogP contribution >= 0.6 is 22.9 Å². The van der Waals surface area contributed by atoms with Gasteiger partial charge in [-0.1, -0.05) is 39.0 Å². The van der Waals surface area contributed by atoms with E-state index in [2.05, 4.69) is 45.8 Å². The zero-order valence-electron chi connectivity index (χ0n) is 13.8. The van der Waals surface area contributed by atoms with E-state index >= 15 is 0 Å². The highest BCUT2D eigenvalue weighted by atomic mass is 35.5. The molecule has 21 heavy (non-hydrogen) atoms. The minimum Gasteiger partial charge on any atom is -0.407 e. The summed E-state index contributed by atoms with van der Waals surface area (Å²) in [5.74, 6) is 0.526. The van der Waals surface area contributed by atoms with Gasteiger partial charge >= 0.3 is 0 Å². The molecule has 7 heteroatoms. The van der Waals surface area contributed by atoms with Gasteiger partial charge in [0.1, 0.15) is 0 Å². The summed E-state index contributed by atoms with van der Waals surface area (Å²) in [4.78, 5) is 5.07. The summed E-state index contributed by atoms with van der Waals surface area (Å²) in [6, 6.07) is 0. The van der Waals surface area contributed by atoms with Gasteiger partial charge in [-0.25, -0.2) is 4.98 Å². The Balaban J connectivity index is 3.07. The van der Waals surface area contributed by atoms with Crippen LogP contribution in [0.3, 0.4) is 0 Å². The number of hydrogen-bond acceptors (Lipinski definition) is 5. The molecule has 0 unspecified atom stereocenters. The van der Waals surface area contributed by atoms with Gasteiger partial charge in [-0.15, -0.1) is 11.6 Å². The maximum atomic E-state index is 6.56. The van der Waals surface area contributed by atoms with E-state index in [4.69, 9.17) is 27.5 Å². The first-order valence-electron chi connectivity index (χ1n) is 7.26. The zero-order valence-corrected chi connectivity index (χ0v) is 16.4. The number of aromatic nitrogens is 1. The van der Waals surface area contributed by atoms with Crippen LogP contribution in [0.25, 0.3) is 0 Å². The van der Waals surface area contributed by atoms with E-state index in [0.717, 1.165) is 4.88 Å². The minimum atomic E-state index is -2.01. The van der Waals surface area contributed by atoms with Crippen LogP contribution < -0.4 is 11.5 Å². The van der Waals surface area contributed by atoms with Gasteiger partial charge < -0.3 is 15.9 Å². The fourth-order valence-corrected chi connectivity index (χ4v) is 5.87. The second kappa shape index (κ2) is 6.96. The predicted octanol–water partition coefficient (Wildman–Crippen LogP) is 3.99. The molecule has 0 aliphatic rings. The molecule has 1 aromatic heterocycles. The van der Waals surface area contributed by atoms with Gasteiger partial charge in [-0.3, -0.25) is 0 Å². The molecule has 0 aliphatic carbocycles. The Morgan fingerprint density at radius 2 is 2.00 bits per heavy atom. The molecule has 1 heterocycles. The lowest BCUT2D eigenvalue weighted by atomic mass is 9.99. The molecule has 0 radical (unpaired) electrons. The second-order valence-corrected chi connectivity index (χ2v) is 13.0. The van der Waals surface area contributed by atoms with E-state index in [0.29, 0.717) is 17.6 Å².